The van der Waals surface area contributed by atoms with Crippen LogP contribution in [-0.2, 0) is 0 Å². The van der Waals surface area contributed by atoms with Crippen molar-refractivity contribution < 1.29 is 9.84 Å². The summed E-state index contributed by atoms with van der Waals surface area (Å²) in [5.74, 6) is 0.848. The predicted octanol–water partition coefficient (Wildman–Crippen LogP) is 3.00. The van der Waals surface area contributed by atoms with Gasteiger partial charge in [0.2, 0.25) is 0 Å². The van der Waals surface area contributed by atoms with Crippen molar-refractivity contribution in [3.63, 3.8) is 0 Å². The molecule has 1 aromatic rings. The Morgan fingerprint density at radius 2 is 2.20 bits per heavy atom. The maximum absolute atomic E-state index is 9.88. The molecule has 0 aliphatic rings. The Hall–Kier alpha value is -1.28. The second kappa shape index (κ2) is 4.99. The van der Waals surface area contributed by atoms with Gasteiger partial charge in [0.25, 0.3) is 0 Å². The van der Waals surface area contributed by atoms with Gasteiger partial charge < -0.3 is 9.84 Å². The van der Waals surface area contributed by atoms with E-state index in [-0.39, 0.29) is 0 Å². The van der Waals surface area contributed by atoms with Gasteiger partial charge >= 0.3 is 0 Å². The molecule has 1 aromatic carbocycles. The summed E-state index contributed by atoms with van der Waals surface area (Å²) in [5.41, 5.74) is 2.93. The Morgan fingerprint density at radius 3 is 2.67 bits per heavy atom. The van der Waals surface area contributed by atoms with Gasteiger partial charge in [-0.15, -0.1) is 6.58 Å². The first-order valence-electron chi connectivity index (χ1n) is 5.01. The summed E-state index contributed by atoms with van der Waals surface area (Å²) in [7, 11) is 1.65. The van der Waals surface area contributed by atoms with Crippen LogP contribution >= 0.6 is 0 Å². The lowest BCUT2D eigenvalue weighted by atomic mass is 10.0. The lowest BCUT2D eigenvalue weighted by Crippen LogP contribution is -1.99. The Balaban J connectivity index is 2.87. The van der Waals surface area contributed by atoms with Crippen LogP contribution in [-0.4, -0.2) is 12.2 Å². The first-order valence-corrected chi connectivity index (χ1v) is 5.01. The zero-order chi connectivity index (χ0) is 11.4. The molecule has 0 saturated heterocycles. The fourth-order valence-corrected chi connectivity index (χ4v) is 1.56. The van der Waals surface area contributed by atoms with Crippen LogP contribution in [0.5, 0.6) is 5.75 Å². The van der Waals surface area contributed by atoms with E-state index in [1.165, 1.54) is 0 Å². The molecule has 0 heterocycles. The van der Waals surface area contributed by atoms with Gasteiger partial charge in [0.05, 0.1) is 13.2 Å². The minimum atomic E-state index is -0.466. The van der Waals surface area contributed by atoms with Crippen molar-refractivity contribution >= 4 is 0 Å². The molecule has 0 radical (unpaired) electrons. The summed E-state index contributed by atoms with van der Waals surface area (Å²) < 4.78 is 5.16. The Kier molecular flexibility index (Phi) is 3.92. The van der Waals surface area contributed by atoms with Crippen LogP contribution < -0.4 is 4.74 Å². The molecule has 0 amide bonds. The van der Waals surface area contributed by atoms with Crippen molar-refractivity contribution in [2.24, 2.45) is 0 Å². The number of aliphatic hydroxyl groups excluding tert-OH is 1. The summed E-state index contributed by atoms with van der Waals surface area (Å²) in [4.78, 5) is 0. The second-order valence-electron chi connectivity index (χ2n) is 3.91. The SMILES string of the molecule is C=C(C)CC(O)c1ccc(OC)c(C)c1. The van der Waals surface area contributed by atoms with Crippen molar-refractivity contribution in [2.45, 2.75) is 26.4 Å². The average Bonchev–Trinajstić information content (AvgIpc) is 2.16. The fraction of sp³-hybridized carbons (Fsp3) is 0.385. The van der Waals surface area contributed by atoms with Crippen molar-refractivity contribution in [3.8, 4) is 5.75 Å². The van der Waals surface area contributed by atoms with E-state index in [1.54, 1.807) is 7.11 Å². The van der Waals surface area contributed by atoms with Gasteiger partial charge in [-0.05, 0) is 43.5 Å². The molecule has 1 atom stereocenters. The molecule has 0 saturated carbocycles. The van der Waals surface area contributed by atoms with Gasteiger partial charge in [0.1, 0.15) is 5.75 Å². The number of rotatable bonds is 4. The van der Waals surface area contributed by atoms with Crippen molar-refractivity contribution in [1.82, 2.24) is 0 Å². The molecular weight excluding hydrogens is 188 g/mol. The van der Waals surface area contributed by atoms with Crippen molar-refractivity contribution in [2.75, 3.05) is 7.11 Å². The third kappa shape index (κ3) is 3.10. The number of ether oxygens (including phenoxy) is 1. The van der Waals surface area contributed by atoms with Crippen LogP contribution in [0.2, 0.25) is 0 Å². The first kappa shape index (κ1) is 11.8. The van der Waals surface area contributed by atoms with E-state index in [2.05, 4.69) is 6.58 Å². The molecule has 0 aromatic heterocycles. The van der Waals surface area contributed by atoms with Gasteiger partial charge in [-0.1, -0.05) is 11.6 Å². The Labute approximate surface area is 91.2 Å². The highest BCUT2D eigenvalue weighted by molar-refractivity contribution is 5.37. The van der Waals surface area contributed by atoms with Gasteiger partial charge in [0.15, 0.2) is 0 Å². The smallest absolute Gasteiger partial charge is 0.121 e. The molecule has 82 valence electrons. The standard InChI is InChI=1S/C13H18O2/c1-9(2)7-12(14)11-5-6-13(15-4)10(3)8-11/h5-6,8,12,14H,1,7H2,2-4H3. The van der Waals surface area contributed by atoms with E-state index in [4.69, 9.17) is 4.74 Å². The van der Waals surface area contributed by atoms with Crippen LogP contribution in [0.4, 0.5) is 0 Å². The number of hydrogen-bond acceptors (Lipinski definition) is 2. The molecule has 0 fully saturated rings. The highest BCUT2D eigenvalue weighted by atomic mass is 16.5. The van der Waals surface area contributed by atoms with Crippen molar-refractivity contribution in [3.05, 3.63) is 41.5 Å². The van der Waals surface area contributed by atoms with Crippen LogP contribution in [0, 0.1) is 6.92 Å². The van der Waals surface area contributed by atoms with Crippen molar-refractivity contribution in [1.29, 1.82) is 0 Å². The van der Waals surface area contributed by atoms with Gasteiger partial charge in [-0.25, -0.2) is 0 Å². The normalized spacial score (nSPS) is 12.3. The van der Waals surface area contributed by atoms with E-state index >= 15 is 0 Å². The van der Waals surface area contributed by atoms with E-state index < -0.39 is 6.10 Å². The van der Waals surface area contributed by atoms with Gasteiger partial charge in [-0.2, -0.15) is 0 Å². The van der Waals surface area contributed by atoms with Gasteiger partial charge in [0, 0.05) is 0 Å². The number of methoxy groups -OCH3 is 1. The predicted molar refractivity (Wildman–Crippen MR) is 62.1 cm³/mol. The Bertz CT molecular complexity index is 356. The molecule has 1 N–H and O–H groups in total. The average molecular weight is 206 g/mol. The van der Waals surface area contributed by atoms with E-state index in [0.717, 1.165) is 22.4 Å². The highest BCUT2D eigenvalue weighted by Crippen LogP contribution is 2.25. The van der Waals surface area contributed by atoms with Crippen LogP contribution in [0.15, 0.2) is 30.4 Å². The summed E-state index contributed by atoms with van der Waals surface area (Å²) in [6.07, 6.45) is 0.137. The molecule has 0 bridgehead atoms. The summed E-state index contributed by atoms with van der Waals surface area (Å²) in [6, 6.07) is 5.72. The third-order valence-corrected chi connectivity index (χ3v) is 2.35. The second-order valence-corrected chi connectivity index (χ2v) is 3.91. The van der Waals surface area contributed by atoms with Crippen LogP contribution in [0.1, 0.15) is 30.6 Å². The lowest BCUT2D eigenvalue weighted by molar-refractivity contribution is 0.178. The molecule has 1 rings (SSSR count). The maximum Gasteiger partial charge on any atom is 0.121 e. The number of hydrogen-bond donors (Lipinski definition) is 1. The first-order chi connectivity index (χ1) is 7.04. The summed E-state index contributed by atoms with van der Waals surface area (Å²) >= 11 is 0. The molecule has 0 aliphatic heterocycles. The fourth-order valence-electron chi connectivity index (χ4n) is 1.56. The van der Waals surface area contributed by atoms with E-state index in [1.807, 2.05) is 32.0 Å². The monoisotopic (exact) mass is 206 g/mol. The van der Waals surface area contributed by atoms with Crippen LogP contribution in [0.25, 0.3) is 0 Å². The largest absolute Gasteiger partial charge is 0.496 e. The van der Waals surface area contributed by atoms with E-state index in [0.29, 0.717) is 6.42 Å². The summed E-state index contributed by atoms with van der Waals surface area (Å²) in [6.45, 7) is 7.68. The molecule has 2 nitrogen and oxygen atoms in total. The topological polar surface area (TPSA) is 29.5 Å². The number of benzene rings is 1. The minimum Gasteiger partial charge on any atom is -0.496 e. The molecular formula is C13H18O2. The minimum absolute atomic E-state index is 0.466. The molecule has 0 spiro atoms. The molecule has 1 unspecified atom stereocenters. The Morgan fingerprint density at radius 1 is 1.53 bits per heavy atom. The highest BCUT2D eigenvalue weighted by Gasteiger charge is 2.09. The molecule has 0 aliphatic carbocycles. The molecule has 2 heteroatoms. The number of aliphatic hydroxyl groups is 1. The zero-order valence-corrected chi connectivity index (χ0v) is 9.58. The molecule has 15 heavy (non-hydrogen) atoms. The van der Waals surface area contributed by atoms with E-state index in [9.17, 15) is 5.11 Å². The summed E-state index contributed by atoms with van der Waals surface area (Å²) in [5, 5.41) is 9.88. The zero-order valence-electron chi connectivity index (χ0n) is 9.58. The third-order valence-electron chi connectivity index (χ3n) is 2.35. The van der Waals surface area contributed by atoms with Crippen LogP contribution in [0.3, 0.4) is 0 Å². The number of aryl methyl sites for hydroxylation is 1. The lowest BCUT2D eigenvalue weighted by Gasteiger charge is -2.13. The maximum atomic E-state index is 9.88. The quantitative estimate of drug-likeness (QED) is 0.767. The van der Waals surface area contributed by atoms with Gasteiger partial charge in [-0.3, -0.25) is 0 Å².